The van der Waals surface area contributed by atoms with Crippen LogP contribution in [0.4, 0.5) is 0 Å². The molecule has 1 aliphatic rings. The van der Waals surface area contributed by atoms with Crippen LogP contribution in [0.3, 0.4) is 0 Å². The Balaban J connectivity index is 1.92. The van der Waals surface area contributed by atoms with Gasteiger partial charge in [-0.1, -0.05) is 28.0 Å². The minimum absolute atomic E-state index is 0.0311. The molecular weight excluding hydrogens is 344 g/mol. The number of hydrogen-bond acceptors (Lipinski definition) is 3. The average Bonchev–Trinajstić information content (AvgIpc) is 2.90. The van der Waals surface area contributed by atoms with Crippen molar-refractivity contribution in [2.45, 2.75) is 26.7 Å². The number of likely N-dealkylation sites (tertiary alicyclic amines) is 1. The molecule has 1 aromatic heterocycles. The number of hydrogen-bond donors (Lipinski definition) is 0. The fourth-order valence-electron chi connectivity index (χ4n) is 2.79. The lowest BCUT2D eigenvalue weighted by Crippen LogP contribution is -2.38. The summed E-state index contributed by atoms with van der Waals surface area (Å²) in [6, 6.07) is 7.73. The third-order valence-electron chi connectivity index (χ3n) is 4.25. The maximum absolute atomic E-state index is 12.9. The summed E-state index contributed by atoms with van der Waals surface area (Å²) in [5.74, 6) is 1.29. The molecule has 0 aliphatic carbocycles. The molecule has 0 bridgehead atoms. The maximum atomic E-state index is 12.9. The second-order valence-electron chi connectivity index (χ2n) is 5.95. The van der Waals surface area contributed by atoms with Gasteiger partial charge >= 0.3 is 0 Å². The smallest absolute Gasteiger partial charge is 0.259 e. The highest BCUT2D eigenvalue weighted by molar-refractivity contribution is 9.10. The second-order valence-corrected chi connectivity index (χ2v) is 6.87. The molecule has 0 saturated carbocycles. The molecule has 22 heavy (non-hydrogen) atoms. The Morgan fingerprint density at radius 3 is 2.55 bits per heavy atom. The van der Waals surface area contributed by atoms with Gasteiger partial charge < -0.3 is 9.42 Å². The van der Waals surface area contributed by atoms with Gasteiger partial charge in [0.1, 0.15) is 5.56 Å². The molecule has 1 aliphatic heterocycles. The molecule has 0 spiro atoms. The largest absolute Gasteiger partial charge is 0.355 e. The third kappa shape index (κ3) is 2.95. The van der Waals surface area contributed by atoms with Crippen LogP contribution < -0.4 is 0 Å². The molecule has 4 nitrogen and oxygen atoms in total. The summed E-state index contributed by atoms with van der Waals surface area (Å²) >= 11 is 3.42. The molecule has 5 heteroatoms. The number of rotatable bonds is 2. The van der Waals surface area contributed by atoms with Crippen molar-refractivity contribution >= 4 is 21.8 Å². The minimum atomic E-state index is 0.0311. The third-order valence-corrected chi connectivity index (χ3v) is 4.78. The Kier molecular flexibility index (Phi) is 4.34. The van der Waals surface area contributed by atoms with Crippen molar-refractivity contribution in [1.29, 1.82) is 0 Å². The highest BCUT2D eigenvalue weighted by Gasteiger charge is 2.28. The van der Waals surface area contributed by atoms with E-state index in [0.29, 0.717) is 22.9 Å². The average molecular weight is 363 g/mol. The molecule has 0 radical (unpaired) electrons. The van der Waals surface area contributed by atoms with Crippen LogP contribution in [0.25, 0.3) is 11.3 Å². The molecule has 1 saturated heterocycles. The van der Waals surface area contributed by atoms with Crippen molar-refractivity contribution in [2.75, 3.05) is 13.1 Å². The van der Waals surface area contributed by atoms with Crippen LogP contribution in [0.1, 0.15) is 35.8 Å². The van der Waals surface area contributed by atoms with Crippen LogP contribution in [0, 0.1) is 12.8 Å². The molecule has 116 valence electrons. The van der Waals surface area contributed by atoms with Crippen molar-refractivity contribution in [3.05, 3.63) is 40.0 Å². The van der Waals surface area contributed by atoms with Crippen LogP contribution in [-0.4, -0.2) is 29.1 Å². The zero-order valence-electron chi connectivity index (χ0n) is 12.8. The Labute approximate surface area is 138 Å². The van der Waals surface area contributed by atoms with Gasteiger partial charge in [0.05, 0.1) is 5.69 Å². The summed E-state index contributed by atoms with van der Waals surface area (Å²) in [7, 11) is 0. The molecule has 0 N–H and O–H groups in total. The number of piperidine rings is 1. The molecule has 2 heterocycles. The van der Waals surface area contributed by atoms with E-state index in [1.165, 1.54) is 0 Å². The van der Waals surface area contributed by atoms with E-state index in [1.807, 2.05) is 36.1 Å². The van der Waals surface area contributed by atoms with Crippen molar-refractivity contribution in [2.24, 2.45) is 5.92 Å². The summed E-state index contributed by atoms with van der Waals surface area (Å²) in [6.07, 6.45) is 2.12. The SMILES string of the molecule is Cc1noc(-c2ccc(Br)cc2)c1C(=O)N1CCC(C)CC1. The van der Waals surface area contributed by atoms with Crippen molar-refractivity contribution in [3.8, 4) is 11.3 Å². The summed E-state index contributed by atoms with van der Waals surface area (Å²) in [6.45, 7) is 5.68. The Bertz CT molecular complexity index is 670. The summed E-state index contributed by atoms with van der Waals surface area (Å²) in [5, 5.41) is 4.01. The normalized spacial score (nSPS) is 16.0. The lowest BCUT2D eigenvalue weighted by atomic mass is 9.98. The first-order valence-electron chi connectivity index (χ1n) is 7.57. The molecular formula is C17H19BrN2O2. The van der Waals surface area contributed by atoms with Gasteiger partial charge in [-0.2, -0.15) is 0 Å². The van der Waals surface area contributed by atoms with E-state index in [9.17, 15) is 4.79 Å². The summed E-state index contributed by atoms with van der Waals surface area (Å²) in [4.78, 5) is 14.8. The van der Waals surface area contributed by atoms with E-state index < -0.39 is 0 Å². The monoisotopic (exact) mass is 362 g/mol. The van der Waals surface area contributed by atoms with Gasteiger partial charge in [-0.25, -0.2) is 0 Å². The van der Waals surface area contributed by atoms with E-state index in [0.717, 1.165) is 36.0 Å². The van der Waals surface area contributed by atoms with Crippen molar-refractivity contribution < 1.29 is 9.32 Å². The number of aryl methyl sites for hydroxylation is 1. The quantitative estimate of drug-likeness (QED) is 0.800. The molecule has 1 fully saturated rings. The zero-order valence-corrected chi connectivity index (χ0v) is 14.4. The van der Waals surface area contributed by atoms with E-state index in [-0.39, 0.29) is 5.91 Å². The predicted molar refractivity (Wildman–Crippen MR) is 88.7 cm³/mol. The van der Waals surface area contributed by atoms with Crippen LogP contribution in [-0.2, 0) is 0 Å². The summed E-state index contributed by atoms with van der Waals surface area (Å²) < 4.78 is 6.43. The number of benzene rings is 1. The number of halogens is 1. The number of carbonyl (C=O) groups is 1. The van der Waals surface area contributed by atoms with Gasteiger partial charge in [0, 0.05) is 23.1 Å². The zero-order chi connectivity index (χ0) is 15.7. The molecule has 1 amide bonds. The van der Waals surface area contributed by atoms with Crippen LogP contribution >= 0.6 is 15.9 Å². The van der Waals surface area contributed by atoms with E-state index in [4.69, 9.17) is 4.52 Å². The first-order valence-corrected chi connectivity index (χ1v) is 8.37. The van der Waals surface area contributed by atoms with Gasteiger partial charge in [0.2, 0.25) is 0 Å². The molecule has 2 aromatic rings. The molecule has 0 atom stereocenters. The lowest BCUT2D eigenvalue weighted by Gasteiger charge is -2.30. The van der Waals surface area contributed by atoms with Gasteiger partial charge in [0.25, 0.3) is 5.91 Å². The van der Waals surface area contributed by atoms with Crippen LogP contribution in [0.15, 0.2) is 33.3 Å². The number of carbonyl (C=O) groups excluding carboxylic acids is 1. The maximum Gasteiger partial charge on any atom is 0.259 e. The van der Waals surface area contributed by atoms with Crippen molar-refractivity contribution in [1.82, 2.24) is 10.1 Å². The van der Waals surface area contributed by atoms with Gasteiger partial charge in [0.15, 0.2) is 5.76 Å². The predicted octanol–water partition coefficient (Wildman–Crippen LogP) is 4.28. The first-order chi connectivity index (χ1) is 10.6. The Morgan fingerprint density at radius 2 is 1.91 bits per heavy atom. The van der Waals surface area contributed by atoms with E-state index in [2.05, 4.69) is 28.0 Å². The van der Waals surface area contributed by atoms with Gasteiger partial charge in [-0.15, -0.1) is 0 Å². The minimum Gasteiger partial charge on any atom is -0.355 e. The summed E-state index contributed by atoms with van der Waals surface area (Å²) in [5.41, 5.74) is 2.12. The molecule has 3 rings (SSSR count). The fraction of sp³-hybridized carbons (Fsp3) is 0.412. The number of nitrogens with zero attached hydrogens (tertiary/aromatic N) is 2. The molecule has 1 aromatic carbocycles. The highest BCUT2D eigenvalue weighted by atomic mass is 79.9. The van der Waals surface area contributed by atoms with E-state index in [1.54, 1.807) is 0 Å². The fourth-order valence-corrected chi connectivity index (χ4v) is 3.05. The first kappa shape index (κ1) is 15.3. The molecule has 0 unspecified atom stereocenters. The van der Waals surface area contributed by atoms with Crippen LogP contribution in [0.2, 0.25) is 0 Å². The second kappa shape index (κ2) is 6.24. The lowest BCUT2D eigenvalue weighted by molar-refractivity contribution is 0.0697. The highest BCUT2D eigenvalue weighted by Crippen LogP contribution is 2.29. The van der Waals surface area contributed by atoms with Gasteiger partial charge in [-0.05, 0) is 49.9 Å². The van der Waals surface area contributed by atoms with Crippen LogP contribution in [0.5, 0.6) is 0 Å². The van der Waals surface area contributed by atoms with E-state index >= 15 is 0 Å². The van der Waals surface area contributed by atoms with Crippen molar-refractivity contribution in [3.63, 3.8) is 0 Å². The Hall–Kier alpha value is -1.62. The number of aromatic nitrogens is 1. The standard InChI is InChI=1S/C17H19BrN2O2/c1-11-7-9-20(10-8-11)17(21)15-12(2)19-22-16(15)13-3-5-14(18)6-4-13/h3-6,11H,7-10H2,1-2H3. The Morgan fingerprint density at radius 1 is 1.27 bits per heavy atom. The topological polar surface area (TPSA) is 46.3 Å². The van der Waals surface area contributed by atoms with Gasteiger partial charge in [-0.3, -0.25) is 4.79 Å². The number of amides is 1.